The minimum Gasteiger partial charge on any atom is -0.443 e. The molecule has 25 heavy (non-hydrogen) atoms. The number of benzene rings is 1. The molecule has 0 saturated heterocycles. The lowest BCUT2D eigenvalue weighted by Gasteiger charge is -2.17. The standard InChI is InChI=1S/C18H18N2O4S/c1-11(21)19-15-10-9-14(25-15)18(23)24-16(12-5-3-2-4-6-12)17(22)20-13-7-8-13/h2-6,9-10,13,16H,7-8H2,1H3,(H,19,21)(H,20,22)/t16-/m0/s1. The number of nitrogens with one attached hydrogen (secondary N) is 2. The van der Waals surface area contributed by atoms with Crippen molar-refractivity contribution in [1.29, 1.82) is 0 Å². The molecule has 6 nitrogen and oxygen atoms in total. The molecule has 2 N–H and O–H groups in total. The average molecular weight is 358 g/mol. The summed E-state index contributed by atoms with van der Waals surface area (Å²) in [4.78, 5) is 36.3. The van der Waals surface area contributed by atoms with Crippen molar-refractivity contribution >= 4 is 34.1 Å². The normalized spacial score (nSPS) is 14.4. The number of rotatable bonds is 6. The molecule has 1 aliphatic rings. The lowest BCUT2D eigenvalue weighted by Crippen LogP contribution is -2.33. The van der Waals surface area contributed by atoms with Crippen LogP contribution in [0.15, 0.2) is 42.5 Å². The summed E-state index contributed by atoms with van der Waals surface area (Å²) in [5, 5.41) is 6.04. The molecule has 1 saturated carbocycles. The highest BCUT2D eigenvalue weighted by Gasteiger charge is 2.31. The molecule has 1 aromatic heterocycles. The van der Waals surface area contributed by atoms with Gasteiger partial charge in [-0.25, -0.2) is 4.79 Å². The minimum absolute atomic E-state index is 0.172. The van der Waals surface area contributed by atoms with Crippen LogP contribution in [0.2, 0.25) is 0 Å². The van der Waals surface area contributed by atoms with E-state index in [1.807, 2.05) is 6.07 Å². The maximum Gasteiger partial charge on any atom is 0.349 e. The Bertz CT molecular complexity index is 783. The second kappa shape index (κ2) is 7.48. The van der Waals surface area contributed by atoms with Gasteiger partial charge in [0.25, 0.3) is 5.91 Å². The van der Waals surface area contributed by atoms with Gasteiger partial charge in [-0.1, -0.05) is 30.3 Å². The van der Waals surface area contributed by atoms with E-state index in [-0.39, 0.29) is 17.9 Å². The molecular formula is C18H18N2O4S. The Kier molecular flexibility index (Phi) is 5.14. The Balaban J connectivity index is 1.74. The number of amides is 2. The van der Waals surface area contributed by atoms with E-state index in [0.29, 0.717) is 15.4 Å². The van der Waals surface area contributed by atoms with Crippen LogP contribution in [0.5, 0.6) is 0 Å². The summed E-state index contributed by atoms with van der Waals surface area (Å²) in [6.07, 6.45) is 0.902. The van der Waals surface area contributed by atoms with E-state index in [1.165, 1.54) is 6.92 Å². The zero-order chi connectivity index (χ0) is 17.8. The lowest BCUT2D eigenvalue weighted by molar-refractivity contribution is -0.130. The summed E-state index contributed by atoms with van der Waals surface area (Å²) in [5.74, 6) is -1.13. The fraction of sp³-hybridized carbons (Fsp3) is 0.278. The van der Waals surface area contributed by atoms with Crippen molar-refractivity contribution in [2.24, 2.45) is 0 Å². The van der Waals surface area contributed by atoms with Gasteiger partial charge in [0, 0.05) is 18.5 Å². The van der Waals surface area contributed by atoms with E-state index in [9.17, 15) is 14.4 Å². The highest BCUT2D eigenvalue weighted by molar-refractivity contribution is 7.18. The fourth-order valence-corrected chi connectivity index (χ4v) is 3.09. The minimum atomic E-state index is -0.999. The van der Waals surface area contributed by atoms with Crippen LogP contribution in [0.3, 0.4) is 0 Å². The topological polar surface area (TPSA) is 84.5 Å². The first-order valence-electron chi connectivity index (χ1n) is 7.96. The third kappa shape index (κ3) is 4.67. The molecule has 1 aromatic carbocycles. The average Bonchev–Trinajstić information content (AvgIpc) is 3.28. The Hall–Kier alpha value is -2.67. The molecule has 0 aliphatic heterocycles. The van der Waals surface area contributed by atoms with Crippen LogP contribution >= 0.6 is 11.3 Å². The van der Waals surface area contributed by atoms with Crippen LogP contribution in [-0.2, 0) is 14.3 Å². The smallest absolute Gasteiger partial charge is 0.349 e. The Morgan fingerprint density at radius 2 is 1.84 bits per heavy atom. The second-order valence-electron chi connectivity index (χ2n) is 5.82. The summed E-state index contributed by atoms with van der Waals surface area (Å²) in [6, 6.07) is 12.3. The van der Waals surface area contributed by atoms with Crippen LogP contribution in [-0.4, -0.2) is 23.8 Å². The van der Waals surface area contributed by atoms with Crippen LogP contribution in [0.25, 0.3) is 0 Å². The zero-order valence-electron chi connectivity index (χ0n) is 13.7. The fourth-order valence-electron chi connectivity index (χ4n) is 2.26. The third-order valence-electron chi connectivity index (χ3n) is 3.60. The molecule has 1 aliphatic carbocycles. The summed E-state index contributed by atoms with van der Waals surface area (Å²) in [7, 11) is 0. The number of carbonyl (C=O) groups excluding carboxylic acids is 3. The van der Waals surface area contributed by atoms with Crippen LogP contribution in [0, 0.1) is 0 Å². The maximum absolute atomic E-state index is 12.5. The Morgan fingerprint density at radius 3 is 2.48 bits per heavy atom. The predicted molar refractivity (Wildman–Crippen MR) is 94.4 cm³/mol. The first-order valence-corrected chi connectivity index (χ1v) is 8.78. The van der Waals surface area contributed by atoms with Crippen LogP contribution < -0.4 is 10.6 Å². The molecule has 0 unspecified atom stereocenters. The molecule has 0 bridgehead atoms. The van der Waals surface area contributed by atoms with Crippen molar-refractivity contribution in [3.63, 3.8) is 0 Å². The first-order chi connectivity index (χ1) is 12.0. The van der Waals surface area contributed by atoms with Crippen molar-refractivity contribution in [1.82, 2.24) is 5.32 Å². The SMILES string of the molecule is CC(=O)Nc1ccc(C(=O)O[C@H](C(=O)NC2CC2)c2ccccc2)s1. The van der Waals surface area contributed by atoms with Gasteiger partial charge in [-0.05, 0) is 25.0 Å². The lowest BCUT2D eigenvalue weighted by atomic mass is 10.1. The Morgan fingerprint density at radius 1 is 1.12 bits per heavy atom. The van der Waals surface area contributed by atoms with E-state index in [0.717, 1.165) is 24.2 Å². The molecule has 1 heterocycles. The summed E-state index contributed by atoms with van der Waals surface area (Å²) < 4.78 is 5.48. The van der Waals surface area contributed by atoms with Gasteiger partial charge >= 0.3 is 5.97 Å². The van der Waals surface area contributed by atoms with E-state index in [1.54, 1.807) is 36.4 Å². The van der Waals surface area contributed by atoms with Gasteiger partial charge in [0.2, 0.25) is 12.0 Å². The molecule has 1 atom stereocenters. The monoisotopic (exact) mass is 358 g/mol. The largest absolute Gasteiger partial charge is 0.443 e. The van der Waals surface area contributed by atoms with Crippen molar-refractivity contribution in [2.75, 3.05) is 5.32 Å². The molecule has 0 radical (unpaired) electrons. The molecular weight excluding hydrogens is 340 g/mol. The molecule has 130 valence electrons. The Labute approximate surface area is 149 Å². The van der Waals surface area contributed by atoms with Crippen molar-refractivity contribution < 1.29 is 19.1 Å². The molecule has 2 amide bonds. The molecule has 7 heteroatoms. The third-order valence-corrected chi connectivity index (χ3v) is 4.58. The number of ether oxygens (including phenoxy) is 1. The van der Waals surface area contributed by atoms with Gasteiger partial charge in [-0.3, -0.25) is 9.59 Å². The predicted octanol–water partition coefficient (Wildman–Crippen LogP) is 2.88. The number of hydrogen-bond donors (Lipinski definition) is 2. The highest BCUT2D eigenvalue weighted by atomic mass is 32.1. The molecule has 2 aromatic rings. The molecule has 0 spiro atoms. The van der Waals surface area contributed by atoms with E-state index < -0.39 is 12.1 Å². The van der Waals surface area contributed by atoms with Crippen molar-refractivity contribution in [2.45, 2.75) is 31.9 Å². The van der Waals surface area contributed by atoms with Gasteiger partial charge in [-0.15, -0.1) is 11.3 Å². The van der Waals surface area contributed by atoms with Gasteiger partial charge in [0.15, 0.2) is 0 Å². The summed E-state index contributed by atoms with van der Waals surface area (Å²) in [5.41, 5.74) is 0.618. The van der Waals surface area contributed by atoms with Crippen LogP contribution in [0.1, 0.15) is 41.1 Å². The quantitative estimate of drug-likeness (QED) is 0.778. The first kappa shape index (κ1) is 17.2. The summed E-state index contributed by atoms with van der Waals surface area (Å²) >= 11 is 1.11. The molecule has 1 fully saturated rings. The van der Waals surface area contributed by atoms with Crippen LogP contribution in [0.4, 0.5) is 5.00 Å². The van der Waals surface area contributed by atoms with Gasteiger partial charge in [0.05, 0.1) is 5.00 Å². The molecule has 3 rings (SSSR count). The van der Waals surface area contributed by atoms with Crippen molar-refractivity contribution in [3.05, 3.63) is 52.9 Å². The zero-order valence-corrected chi connectivity index (χ0v) is 14.5. The maximum atomic E-state index is 12.5. The number of carbonyl (C=O) groups is 3. The van der Waals surface area contributed by atoms with Crippen molar-refractivity contribution in [3.8, 4) is 0 Å². The highest BCUT2D eigenvalue weighted by Crippen LogP contribution is 2.27. The second-order valence-corrected chi connectivity index (χ2v) is 6.91. The van der Waals surface area contributed by atoms with E-state index >= 15 is 0 Å². The van der Waals surface area contributed by atoms with Gasteiger partial charge in [-0.2, -0.15) is 0 Å². The van der Waals surface area contributed by atoms with E-state index in [2.05, 4.69) is 10.6 Å². The van der Waals surface area contributed by atoms with E-state index in [4.69, 9.17) is 4.74 Å². The summed E-state index contributed by atoms with van der Waals surface area (Å²) in [6.45, 7) is 1.39. The number of anilines is 1. The number of thiophene rings is 1. The van der Waals surface area contributed by atoms with Gasteiger partial charge < -0.3 is 15.4 Å². The van der Waals surface area contributed by atoms with Gasteiger partial charge in [0.1, 0.15) is 4.88 Å². The number of hydrogen-bond acceptors (Lipinski definition) is 5. The number of esters is 1.